The number of imidazole rings is 1. The highest BCUT2D eigenvalue weighted by molar-refractivity contribution is 5.80. The van der Waals surface area contributed by atoms with Gasteiger partial charge in [0.1, 0.15) is 12.1 Å². The summed E-state index contributed by atoms with van der Waals surface area (Å²) in [4.78, 5) is 23.3. The number of hydrogen-bond acceptors (Lipinski definition) is 7. The number of nitrogen functional groups attached to an aromatic ring is 1. The van der Waals surface area contributed by atoms with Crippen molar-refractivity contribution < 1.29 is 18.7 Å². The maximum atomic E-state index is 13.9. The molecule has 0 spiro atoms. The number of aldehydes is 1. The molecule has 0 amide bonds. The van der Waals surface area contributed by atoms with Crippen molar-refractivity contribution in [3.63, 3.8) is 0 Å². The molecule has 0 aliphatic rings. The Balaban J connectivity index is 1.82. The second-order valence-corrected chi connectivity index (χ2v) is 6.10. The SMILES string of the molecule is COc1cc(-c2nc(C=CC=O)c3ccnc(N)n23)ccc1Oc1ncccc1F. The Morgan fingerprint density at radius 2 is 2.00 bits per heavy atom. The molecule has 0 bridgehead atoms. The number of nitrogens with zero attached hydrogens (tertiary/aromatic N) is 4. The highest BCUT2D eigenvalue weighted by Crippen LogP contribution is 2.36. The van der Waals surface area contributed by atoms with Crippen LogP contribution in [0.15, 0.2) is 54.9 Å². The first-order valence-electron chi connectivity index (χ1n) is 8.84. The van der Waals surface area contributed by atoms with Crippen LogP contribution in [0.2, 0.25) is 0 Å². The third-order valence-corrected chi connectivity index (χ3v) is 4.30. The molecule has 0 aliphatic heterocycles. The van der Waals surface area contributed by atoms with E-state index in [0.29, 0.717) is 34.6 Å². The van der Waals surface area contributed by atoms with E-state index in [1.165, 1.54) is 31.5 Å². The zero-order chi connectivity index (χ0) is 21.1. The summed E-state index contributed by atoms with van der Waals surface area (Å²) in [5, 5.41) is 0. The molecule has 2 N–H and O–H groups in total. The van der Waals surface area contributed by atoms with Crippen molar-refractivity contribution in [2.24, 2.45) is 0 Å². The Bertz CT molecular complexity index is 1270. The second-order valence-electron chi connectivity index (χ2n) is 6.10. The van der Waals surface area contributed by atoms with Crippen LogP contribution in [-0.2, 0) is 4.79 Å². The first-order chi connectivity index (χ1) is 14.6. The largest absolute Gasteiger partial charge is 0.493 e. The first-order valence-corrected chi connectivity index (χ1v) is 8.84. The van der Waals surface area contributed by atoms with Gasteiger partial charge in [-0.25, -0.2) is 19.3 Å². The molecule has 0 unspecified atom stereocenters. The number of rotatable bonds is 6. The van der Waals surface area contributed by atoms with Crippen LogP contribution in [-0.4, -0.2) is 32.7 Å². The van der Waals surface area contributed by atoms with E-state index in [2.05, 4.69) is 15.0 Å². The number of carbonyl (C=O) groups is 1. The average molecular weight is 405 g/mol. The van der Waals surface area contributed by atoms with Gasteiger partial charge in [-0.15, -0.1) is 0 Å². The van der Waals surface area contributed by atoms with Gasteiger partial charge in [0, 0.05) is 18.0 Å². The summed E-state index contributed by atoms with van der Waals surface area (Å²) in [6.45, 7) is 0. The molecule has 0 saturated carbocycles. The summed E-state index contributed by atoms with van der Waals surface area (Å²) < 4.78 is 26.5. The van der Waals surface area contributed by atoms with Crippen LogP contribution in [0.4, 0.5) is 10.3 Å². The van der Waals surface area contributed by atoms with Crippen LogP contribution in [0.5, 0.6) is 17.4 Å². The fourth-order valence-electron chi connectivity index (χ4n) is 2.97. The maximum absolute atomic E-state index is 13.9. The molecule has 3 heterocycles. The number of anilines is 1. The lowest BCUT2D eigenvalue weighted by molar-refractivity contribution is -0.104. The number of fused-ring (bicyclic) bond motifs is 1. The molecule has 4 aromatic rings. The molecule has 9 heteroatoms. The number of pyridine rings is 1. The van der Waals surface area contributed by atoms with E-state index in [1.54, 1.807) is 40.9 Å². The van der Waals surface area contributed by atoms with Crippen molar-refractivity contribution in [2.45, 2.75) is 0 Å². The van der Waals surface area contributed by atoms with Crippen molar-refractivity contribution in [2.75, 3.05) is 12.8 Å². The normalized spacial score (nSPS) is 11.1. The van der Waals surface area contributed by atoms with Gasteiger partial charge in [0.25, 0.3) is 5.88 Å². The highest BCUT2D eigenvalue weighted by Gasteiger charge is 2.17. The predicted octanol–water partition coefficient (Wildman–Crippen LogP) is 3.53. The van der Waals surface area contributed by atoms with Crippen molar-refractivity contribution in [1.82, 2.24) is 19.4 Å². The number of nitrogens with two attached hydrogens (primary N) is 1. The monoisotopic (exact) mass is 405 g/mol. The summed E-state index contributed by atoms with van der Waals surface area (Å²) >= 11 is 0. The Morgan fingerprint density at radius 1 is 1.13 bits per heavy atom. The number of allylic oxidation sites excluding steroid dienone is 1. The molecule has 3 aromatic heterocycles. The average Bonchev–Trinajstić information content (AvgIpc) is 3.14. The topological polar surface area (TPSA) is 105 Å². The second kappa shape index (κ2) is 8.00. The first kappa shape index (κ1) is 19.1. The Morgan fingerprint density at radius 3 is 2.77 bits per heavy atom. The molecule has 1 aromatic carbocycles. The van der Waals surface area contributed by atoms with Crippen molar-refractivity contribution in [3.05, 3.63) is 66.4 Å². The molecule has 0 atom stereocenters. The van der Waals surface area contributed by atoms with E-state index in [0.717, 1.165) is 0 Å². The molecular formula is C21H16FN5O3. The molecule has 0 fully saturated rings. The number of aromatic nitrogens is 4. The van der Waals surface area contributed by atoms with E-state index in [9.17, 15) is 9.18 Å². The Hall–Kier alpha value is -4.27. The molecule has 4 rings (SSSR count). The molecule has 0 aliphatic carbocycles. The van der Waals surface area contributed by atoms with E-state index < -0.39 is 5.82 Å². The highest BCUT2D eigenvalue weighted by atomic mass is 19.1. The fraction of sp³-hybridized carbons (Fsp3) is 0.0476. The maximum Gasteiger partial charge on any atom is 0.255 e. The fourth-order valence-corrected chi connectivity index (χ4v) is 2.97. The molecule has 30 heavy (non-hydrogen) atoms. The van der Waals surface area contributed by atoms with Crippen molar-refractivity contribution in [1.29, 1.82) is 0 Å². The van der Waals surface area contributed by atoms with Crippen LogP contribution in [0.25, 0.3) is 23.0 Å². The Labute approximate surface area is 170 Å². The van der Waals surface area contributed by atoms with E-state index >= 15 is 0 Å². The van der Waals surface area contributed by atoms with Gasteiger partial charge < -0.3 is 15.2 Å². The number of ether oxygens (including phenoxy) is 2. The lowest BCUT2D eigenvalue weighted by atomic mass is 10.2. The van der Waals surface area contributed by atoms with Gasteiger partial charge in [-0.05, 0) is 48.6 Å². The molecule has 8 nitrogen and oxygen atoms in total. The molecule has 0 saturated heterocycles. The minimum Gasteiger partial charge on any atom is -0.493 e. The van der Waals surface area contributed by atoms with Crippen LogP contribution in [0.1, 0.15) is 5.69 Å². The smallest absolute Gasteiger partial charge is 0.255 e. The van der Waals surface area contributed by atoms with Crippen LogP contribution < -0.4 is 15.2 Å². The molecular weight excluding hydrogens is 389 g/mol. The van der Waals surface area contributed by atoms with E-state index in [4.69, 9.17) is 15.2 Å². The van der Waals surface area contributed by atoms with E-state index in [1.807, 2.05) is 0 Å². The standard InChI is InChI=1S/C21H16FN5O3/c1-29-18-12-13(6-7-17(18)30-20-14(22)4-2-9-24-20)19-26-15(5-3-11-28)16-8-10-25-21(23)27(16)19/h2-12H,1H3,(H2,23,25). The van der Waals surface area contributed by atoms with Gasteiger partial charge in [0.2, 0.25) is 5.95 Å². The lowest BCUT2D eigenvalue weighted by Crippen LogP contribution is -2.01. The van der Waals surface area contributed by atoms with Gasteiger partial charge >= 0.3 is 0 Å². The van der Waals surface area contributed by atoms with Gasteiger partial charge in [-0.1, -0.05) is 0 Å². The van der Waals surface area contributed by atoms with Crippen molar-refractivity contribution in [3.8, 4) is 28.8 Å². The number of methoxy groups -OCH3 is 1. The van der Waals surface area contributed by atoms with Gasteiger partial charge in [-0.2, -0.15) is 0 Å². The summed E-state index contributed by atoms with van der Waals surface area (Å²) in [5.41, 5.74) is 7.96. The summed E-state index contributed by atoms with van der Waals surface area (Å²) in [7, 11) is 1.47. The van der Waals surface area contributed by atoms with Crippen LogP contribution in [0.3, 0.4) is 0 Å². The zero-order valence-corrected chi connectivity index (χ0v) is 15.8. The summed E-state index contributed by atoms with van der Waals surface area (Å²) in [6, 6.07) is 9.51. The minimum absolute atomic E-state index is 0.162. The lowest BCUT2D eigenvalue weighted by Gasteiger charge is -2.11. The third kappa shape index (κ3) is 3.44. The summed E-state index contributed by atoms with van der Waals surface area (Å²) in [6.07, 6.45) is 6.60. The number of carbonyl (C=O) groups excluding carboxylic acids is 1. The van der Waals surface area contributed by atoms with Gasteiger partial charge in [-0.3, -0.25) is 9.20 Å². The van der Waals surface area contributed by atoms with Gasteiger partial charge in [0.05, 0.1) is 18.3 Å². The van der Waals surface area contributed by atoms with Crippen LogP contribution >= 0.6 is 0 Å². The van der Waals surface area contributed by atoms with Gasteiger partial charge in [0.15, 0.2) is 17.3 Å². The zero-order valence-electron chi connectivity index (χ0n) is 15.8. The number of benzene rings is 1. The van der Waals surface area contributed by atoms with Crippen molar-refractivity contribution >= 4 is 23.8 Å². The van der Waals surface area contributed by atoms with E-state index in [-0.39, 0.29) is 17.6 Å². The molecule has 150 valence electrons. The molecule has 0 radical (unpaired) electrons. The number of halogens is 1. The number of hydrogen-bond donors (Lipinski definition) is 1. The predicted molar refractivity (Wildman–Crippen MR) is 109 cm³/mol. The summed E-state index contributed by atoms with van der Waals surface area (Å²) in [5.74, 6) is 0.608. The quantitative estimate of drug-likeness (QED) is 0.386. The third-order valence-electron chi connectivity index (χ3n) is 4.30. The minimum atomic E-state index is -0.590. The Kier molecular flexibility index (Phi) is 5.08. The van der Waals surface area contributed by atoms with Crippen LogP contribution in [0, 0.1) is 5.82 Å².